The van der Waals surface area contributed by atoms with Gasteiger partial charge in [0.15, 0.2) is 0 Å². The van der Waals surface area contributed by atoms with Gasteiger partial charge in [-0.05, 0) is 61.4 Å². The lowest BCUT2D eigenvalue weighted by molar-refractivity contribution is -0.119. The van der Waals surface area contributed by atoms with Crippen molar-refractivity contribution in [1.29, 1.82) is 0 Å². The fourth-order valence-electron chi connectivity index (χ4n) is 4.61. The van der Waals surface area contributed by atoms with E-state index in [0.29, 0.717) is 17.4 Å². The summed E-state index contributed by atoms with van der Waals surface area (Å²) < 4.78 is 1.76. The molecule has 0 bridgehead atoms. The van der Waals surface area contributed by atoms with E-state index in [1.165, 1.54) is 22.9 Å². The SMILES string of the molecule is Cc1nc2nc(SCC(=O)NC3CCCc4ccccc43)nn2c(C)c1Cc1ccccc1Cl. The number of rotatable bonds is 6. The number of hydrogen-bond donors (Lipinski definition) is 1. The predicted octanol–water partition coefficient (Wildman–Crippen LogP) is 5.27. The van der Waals surface area contributed by atoms with E-state index in [1.807, 2.05) is 44.2 Å². The predicted molar refractivity (Wildman–Crippen MR) is 136 cm³/mol. The van der Waals surface area contributed by atoms with Crippen LogP contribution in [0.5, 0.6) is 0 Å². The molecule has 0 spiro atoms. The van der Waals surface area contributed by atoms with Crippen LogP contribution in [0.4, 0.5) is 0 Å². The molecule has 2 aromatic carbocycles. The summed E-state index contributed by atoms with van der Waals surface area (Å²) in [6.45, 7) is 4.00. The van der Waals surface area contributed by atoms with Gasteiger partial charge in [0.1, 0.15) is 0 Å². The summed E-state index contributed by atoms with van der Waals surface area (Å²) in [6, 6.07) is 16.3. The van der Waals surface area contributed by atoms with Crippen LogP contribution in [0.25, 0.3) is 5.78 Å². The lowest BCUT2D eigenvalue weighted by Crippen LogP contribution is -2.32. The Bertz CT molecular complexity index is 1370. The number of halogens is 1. The van der Waals surface area contributed by atoms with Crippen LogP contribution in [-0.4, -0.2) is 31.2 Å². The van der Waals surface area contributed by atoms with E-state index >= 15 is 0 Å². The van der Waals surface area contributed by atoms with Gasteiger partial charge >= 0.3 is 0 Å². The first-order valence-electron chi connectivity index (χ1n) is 11.5. The number of amides is 1. The molecular formula is C26H26ClN5OS. The zero-order valence-corrected chi connectivity index (χ0v) is 20.8. The molecule has 174 valence electrons. The highest BCUT2D eigenvalue weighted by atomic mass is 35.5. The number of thioether (sulfide) groups is 1. The summed E-state index contributed by atoms with van der Waals surface area (Å²) in [7, 11) is 0. The molecule has 5 rings (SSSR count). The Labute approximate surface area is 208 Å². The minimum Gasteiger partial charge on any atom is -0.349 e. The van der Waals surface area contributed by atoms with Gasteiger partial charge in [-0.1, -0.05) is 65.8 Å². The number of aryl methyl sites for hydroxylation is 3. The first kappa shape index (κ1) is 22.9. The van der Waals surface area contributed by atoms with E-state index in [2.05, 4.69) is 38.6 Å². The Morgan fingerprint density at radius 2 is 1.94 bits per heavy atom. The molecule has 0 radical (unpaired) electrons. The van der Waals surface area contributed by atoms with E-state index in [1.54, 1.807) is 4.52 Å². The molecule has 0 fully saturated rings. The van der Waals surface area contributed by atoms with Gasteiger partial charge in [-0.15, -0.1) is 5.10 Å². The summed E-state index contributed by atoms with van der Waals surface area (Å²) in [5.41, 5.74) is 6.58. The van der Waals surface area contributed by atoms with E-state index in [0.717, 1.165) is 46.8 Å². The van der Waals surface area contributed by atoms with Crippen LogP contribution in [-0.2, 0) is 17.6 Å². The van der Waals surface area contributed by atoms with Crippen LogP contribution in [0.15, 0.2) is 53.7 Å². The van der Waals surface area contributed by atoms with Crippen LogP contribution in [0.3, 0.4) is 0 Å². The molecule has 6 nitrogen and oxygen atoms in total. The maximum atomic E-state index is 12.7. The van der Waals surface area contributed by atoms with Gasteiger partial charge < -0.3 is 5.32 Å². The second-order valence-electron chi connectivity index (χ2n) is 8.64. The number of aromatic nitrogens is 4. The number of hydrogen-bond acceptors (Lipinski definition) is 5. The fraction of sp³-hybridized carbons (Fsp3) is 0.308. The molecule has 1 aliphatic rings. The van der Waals surface area contributed by atoms with Crippen LogP contribution in [0.2, 0.25) is 5.02 Å². The summed E-state index contributed by atoms with van der Waals surface area (Å²) >= 11 is 7.71. The van der Waals surface area contributed by atoms with Crippen molar-refractivity contribution in [2.24, 2.45) is 0 Å². The summed E-state index contributed by atoms with van der Waals surface area (Å²) in [6.07, 6.45) is 3.81. The fourth-order valence-corrected chi connectivity index (χ4v) is 5.44. The van der Waals surface area contributed by atoms with Crippen molar-refractivity contribution >= 4 is 35.0 Å². The Balaban J connectivity index is 1.29. The Morgan fingerprint density at radius 3 is 2.79 bits per heavy atom. The van der Waals surface area contributed by atoms with Crippen LogP contribution >= 0.6 is 23.4 Å². The van der Waals surface area contributed by atoms with Crippen LogP contribution in [0, 0.1) is 13.8 Å². The van der Waals surface area contributed by atoms with Crippen molar-refractivity contribution in [3.63, 3.8) is 0 Å². The van der Waals surface area contributed by atoms with Crippen molar-refractivity contribution in [1.82, 2.24) is 24.9 Å². The molecule has 34 heavy (non-hydrogen) atoms. The molecular weight excluding hydrogens is 466 g/mol. The summed E-state index contributed by atoms with van der Waals surface area (Å²) in [4.78, 5) is 21.9. The first-order chi connectivity index (χ1) is 16.5. The second-order valence-corrected chi connectivity index (χ2v) is 9.99. The quantitative estimate of drug-likeness (QED) is 0.372. The third-order valence-corrected chi connectivity index (χ3v) is 7.60. The van der Waals surface area contributed by atoms with Crippen LogP contribution < -0.4 is 5.32 Å². The molecule has 0 aliphatic heterocycles. The number of fused-ring (bicyclic) bond motifs is 2. The Kier molecular flexibility index (Phi) is 6.57. The van der Waals surface area contributed by atoms with Crippen molar-refractivity contribution in [3.05, 3.63) is 87.2 Å². The topological polar surface area (TPSA) is 72.2 Å². The zero-order valence-electron chi connectivity index (χ0n) is 19.2. The minimum absolute atomic E-state index is 0.00849. The Morgan fingerprint density at radius 1 is 1.15 bits per heavy atom. The van der Waals surface area contributed by atoms with Crippen molar-refractivity contribution in [3.8, 4) is 0 Å². The van der Waals surface area contributed by atoms with E-state index in [-0.39, 0.29) is 17.7 Å². The number of carbonyl (C=O) groups is 1. The Hall–Kier alpha value is -2.90. The lowest BCUT2D eigenvalue weighted by atomic mass is 9.88. The average molecular weight is 492 g/mol. The molecule has 1 aliphatic carbocycles. The first-order valence-corrected chi connectivity index (χ1v) is 12.8. The third-order valence-electron chi connectivity index (χ3n) is 6.39. The smallest absolute Gasteiger partial charge is 0.253 e. The monoisotopic (exact) mass is 491 g/mol. The highest BCUT2D eigenvalue weighted by molar-refractivity contribution is 7.99. The second kappa shape index (κ2) is 9.76. The normalized spacial score (nSPS) is 15.3. The molecule has 0 saturated carbocycles. The minimum atomic E-state index is -0.00849. The molecule has 1 N–H and O–H groups in total. The van der Waals surface area contributed by atoms with Gasteiger partial charge in [-0.25, -0.2) is 9.50 Å². The maximum Gasteiger partial charge on any atom is 0.253 e. The molecule has 2 aromatic heterocycles. The number of nitrogens with one attached hydrogen (secondary N) is 1. The molecule has 4 aromatic rings. The molecule has 1 unspecified atom stereocenters. The van der Waals surface area contributed by atoms with Crippen molar-refractivity contribution in [2.45, 2.75) is 50.7 Å². The molecule has 1 amide bonds. The van der Waals surface area contributed by atoms with E-state index in [9.17, 15) is 4.79 Å². The largest absolute Gasteiger partial charge is 0.349 e. The van der Waals surface area contributed by atoms with E-state index in [4.69, 9.17) is 11.6 Å². The van der Waals surface area contributed by atoms with Gasteiger partial charge in [0.2, 0.25) is 11.1 Å². The number of carbonyl (C=O) groups excluding carboxylic acids is 1. The highest BCUT2D eigenvalue weighted by Gasteiger charge is 2.22. The standard InChI is InChI=1S/C26H26ClN5OS/c1-16-21(14-19-9-4-6-12-22(19)27)17(2)32-25(28-16)30-26(31-32)34-15-24(33)29-23-13-7-10-18-8-3-5-11-20(18)23/h3-6,8-9,11-12,23H,7,10,13-15H2,1-2H3,(H,29,33). The van der Waals surface area contributed by atoms with Crippen molar-refractivity contribution < 1.29 is 4.79 Å². The van der Waals surface area contributed by atoms with Gasteiger partial charge in [0.05, 0.1) is 11.8 Å². The van der Waals surface area contributed by atoms with Crippen molar-refractivity contribution in [2.75, 3.05) is 5.75 Å². The summed E-state index contributed by atoms with van der Waals surface area (Å²) in [5, 5.41) is 9.10. The number of nitrogens with zero attached hydrogens (tertiary/aromatic N) is 4. The third kappa shape index (κ3) is 4.68. The molecule has 0 saturated heterocycles. The molecule has 1 atom stereocenters. The highest BCUT2D eigenvalue weighted by Crippen LogP contribution is 2.30. The molecule has 2 heterocycles. The van der Waals surface area contributed by atoms with Gasteiger partial charge in [-0.3, -0.25) is 4.79 Å². The van der Waals surface area contributed by atoms with E-state index < -0.39 is 0 Å². The lowest BCUT2D eigenvalue weighted by Gasteiger charge is -2.26. The molecule has 8 heteroatoms. The maximum absolute atomic E-state index is 12.7. The van der Waals surface area contributed by atoms with Crippen LogP contribution in [0.1, 0.15) is 52.5 Å². The summed E-state index contributed by atoms with van der Waals surface area (Å²) in [5.74, 6) is 0.799. The van der Waals surface area contributed by atoms with Gasteiger partial charge in [-0.2, -0.15) is 4.98 Å². The van der Waals surface area contributed by atoms with Gasteiger partial charge in [0.25, 0.3) is 5.78 Å². The average Bonchev–Trinajstić information content (AvgIpc) is 3.25. The number of benzene rings is 2. The van der Waals surface area contributed by atoms with Gasteiger partial charge in [0, 0.05) is 22.8 Å². The zero-order chi connectivity index (χ0) is 23.7.